The summed E-state index contributed by atoms with van der Waals surface area (Å²) in [6.45, 7) is 9.74. The highest BCUT2D eigenvalue weighted by Gasteiger charge is 2.27. The van der Waals surface area contributed by atoms with Crippen molar-refractivity contribution in [3.05, 3.63) is 29.8 Å². The van der Waals surface area contributed by atoms with Gasteiger partial charge in [0.15, 0.2) is 0 Å². The summed E-state index contributed by atoms with van der Waals surface area (Å²) < 4.78 is 0. The Hall–Kier alpha value is -1.02. The van der Waals surface area contributed by atoms with Crippen LogP contribution in [-0.4, -0.2) is 31.1 Å². The molecule has 0 aromatic heterocycles. The first-order chi connectivity index (χ1) is 8.74. The van der Waals surface area contributed by atoms with Gasteiger partial charge in [-0.15, -0.1) is 0 Å². The van der Waals surface area contributed by atoms with Gasteiger partial charge >= 0.3 is 0 Å². The summed E-state index contributed by atoms with van der Waals surface area (Å²) in [5.41, 5.74) is 2.88. The van der Waals surface area contributed by atoms with E-state index in [1.165, 1.54) is 37.3 Å². The maximum Gasteiger partial charge on any atom is 0.0376 e. The molecule has 1 aromatic rings. The molecular formula is C16H24N2. The highest BCUT2D eigenvalue weighted by molar-refractivity contribution is 5.57. The number of nitrogens with one attached hydrogen (secondary N) is 1. The Morgan fingerprint density at radius 1 is 1.17 bits per heavy atom. The Morgan fingerprint density at radius 2 is 1.89 bits per heavy atom. The van der Waals surface area contributed by atoms with Gasteiger partial charge in [0.2, 0.25) is 0 Å². The van der Waals surface area contributed by atoms with E-state index in [2.05, 4.69) is 48.3 Å². The van der Waals surface area contributed by atoms with Crippen molar-refractivity contribution in [2.75, 3.05) is 31.5 Å². The zero-order valence-electron chi connectivity index (χ0n) is 11.5. The summed E-state index contributed by atoms with van der Waals surface area (Å²) >= 11 is 0. The number of fused-ring (bicyclic) bond motifs is 1. The second-order valence-corrected chi connectivity index (χ2v) is 6.17. The van der Waals surface area contributed by atoms with Crippen LogP contribution in [0.15, 0.2) is 24.3 Å². The van der Waals surface area contributed by atoms with E-state index in [-0.39, 0.29) is 0 Å². The van der Waals surface area contributed by atoms with Crippen LogP contribution in [0.4, 0.5) is 5.69 Å². The lowest BCUT2D eigenvalue weighted by Crippen LogP contribution is -2.23. The van der Waals surface area contributed by atoms with Crippen molar-refractivity contribution in [1.29, 1.82) is 0 Å². The van der Waals surface area contributed by atoms with Crippen LogP contribution < -0.4 is 5.32 Å². The Morgan fingerprint density at radius 3 is 2.67 bits per heavy atom. The number of rotatable bonds is 3. The molecule has 0 aliphatic carbocycles. The van der Waals surface area contributed by atoms with E-state index in [4.69, 9.17) is 0 Å². The average Bonchev–Trinajstić information content (AvgIpc) is 2.92. The van der Waals surface area contributed by atoms with Crippen LogP contribution >= 0.6 is 0 Å². The van der Waals surface area contributed by atoms with Gasteiger partial charge in [-0.3, -0.25) is 0 Å². The quantitative estimate of drug-likeness (QED) is 0.878. The molecule has 0 radical (unpaired) electrons. The fourth-order valence-electron chi connectivity index (χ4n) is 3.38. The van der Waals surface area contributed by atoms with E-state index < -0.39 is 0 Å². The van der Waals surface area contributed by atoms with Gasteiger partial charge < -0.3 is 10.2 Å². The zero-order valence-corrected chi connectivity index (χ0v) is 11.5. The molecule has 0 spiro atoms. The normalized spacial score (nSPS) is 31.3. The first-order valence-electron chi connectivity index (χ1n) is 7.29. The van der Waals surface area contributed by atoms with Crippen LogP contribution in [0.5, 0.6) is 0 Å². The summed E-state index contributed by atoms with van der Waals surface area (Å²) in [6.07, 6.45) is 1.30. The van der Waals surface area contributed by atoms with Crippen molar-refractivity contribution in [3.63, 3.8) is 0 Å². The summed E-state index contributed by atoms with van der Waals surface area (Å²) in [5, 5.41) is 3.52. The number of hydrogen-bond donors (Lipinski definition) is 1. The average molecular weight is 244 g/mol. The van der Waals surface area contributed by atoms with Gasteiger partial charge in [-0.2, -0.15) is 0 Å². The predicted molar refractivity (Wildman–Crippen MR) is 77.1 cm³/mol. The molecule has 1 saturated heterocycles. The Kier molecular flexibility index (Phi) is 3.29. The van der Waals surface area contributed by atoms with Crippen molar-refractivity contribution < 1.29 is 0 Å². The molecule has 2 aliphatic heterocycles. The van der Waals surface area contributed by atoms with Gasteiger partial charge in [0.1, 0.15) is 0 Å². The molecule has 1 N–H and O–H groups in total. The minimum absolute atomic E-state index is 0.715. The molecule has 3 rings (SSSR count). The van der Waals surface area contributed by atoms with Crippen molar-refractivity contribution in [2.45, 2.75) is 26.2 Å². The largest absolute Gasteiger partial charge is 0.384 e. The highest BCUT2D eigenvalue weighted by Crippen LogP contribution is 2.33. The first kappa shape index (κ1) is 12.0. The van der Waals surface area contributed by atoms with Crippen LogP contribution in [-0.2, 0) is 0 Å². The molecule has 0 amide bonds. The molecule has 1 aromatic carbocycles. The Bertz CT molecular complexity index is 405. The smallest absolute Gasteiger partial charge is 0.0376 e. The van der Waals surface area contributed by atoms with Crippen molar-refractivity contribution >= 4 is 5.69 Å². The molecule has 18 heavy (non-hydrogen) atoms. The Labute approximate surface area is 110 Å². The lowest BCUT2D eigenvalue weighted by molar-refractivity contribution is 0.311. The number of anilines is 1. The predicted octanol–water partition coefficient (Wildman–Crippen LogP) is 3.17. The van der Waals surface area contributed by atoms with Gasteiger partial charge in [0.25, 0.3) is 0 Å². The SMILES string of the molecule is CC1CN(CCC2CNc3ccccc32)CC1C. The van der Waals surface area contributed by atoms with E-state index in [0.29, 0.717) is 5.92 Å². The summed E-state index contributed by atoms with van der Waals surface area (Å²) in [7, 11) is 0. The molecule has 1 fully saturated rings. The Balaban J connectivity index is 1.56. The topological polar surface area (TPSA) is 15.3 Å². The summed E-state index contributed by atoms with van der Waals surface area (Å²) in [4.78, 5) is 2.65. The third kappa shape index (κ3) is 2.26. The van der Waals surface area contributed by atoms with Crippen LogP contribution in [0, 0.1) is 11.8 Å². The molecule has 2 heteroatoms. The maximum atomic E-state index is 3.52. The molecule has 2 aliphatic rings. The molecule has 0 saturated carbocycles. The number of hydrogen-bond acceptors (Lipinski definition) is 2. The van der Waals surface area contributed by atoms with Crippen molar-refractivity contribution in [2.24, 2.45) is 11.8 Å². The van der Waals surface area contributed by atoms with Crippen LogP contribution in [0.2, 0.25) is 0 Å². The van der Waals surface area contributed by atoms with Crippen LogP contribution in [0.3, 0.4) is 0 Å². The lowest BCUT2D eigenvalue weighted by Gasteiger charge is -2.18. The minimum Gasteiger partial charge on any atom is -0.384 e. The van der Waals surface area contributed by atoms with Gasteiger partial charge in [-0.05, 0) is 36.4 Å². The van der Waals surface area contributed by atoms with Gasteiger partial charge in [-0.25, -0.2) is 0 Å². The molecule has 3 unspecified atom stereocenters. The summed E-state index contributed by atoms with van der Waals surface area (Å²) in [6, 6.07) is 8.78. The van der Waals surface area contributed by atoms with E-state index in [0.717, 1.165) is 18.4 Å². The van der Waals surface area contributed by atoms with Gasteiger partial charge in [0, 0.05) is 31.2 Å². The molecule has 3 atom stereocenters. The third-order valence-electron chi connectivity index (χ3n) is 4.80. The summed E-state index contributed by atoms with van der Waals surface area (Å²) in [5.74, 6) is 2.46. The number of likely N-dealkylation sites (tertiary alicyclic amines) is 1. The molecule has 2 nitrogen and oxygen atoms in total. The molecular weight excluding hydrogens is 220 g/mol. The van der Waals surface area contributed by atoms with Crippen LogP contribution in [0.1, 0.15) is 31.7 Å². The molecule has 0 bridgehead atoms. The van der Waals surface area contributed by atoms with Crippen molar-refractivity contribution in [3.8, 4) is 0 Å². The highest BCUT2D eigenvalue weighted by atomic mass is 15.1. The fourth-order valence-corrected chi connectivity index (χ4v) is 3.38. The number of benzene rings is 1. The van der Waals surface area contributed by atoms with E-state index in [1.54, 1.807) is 0 Å². The van der Waals surface area contributed by atoms with Crippen molar-refractivity contribution in [1.82, 2.24) is 4.90 Å². The van der Waals surface area contributed by atoms with E-state index >= 15 is 0 Å². The fraction of sp³-hybridized carbons (Fsp3) is 0.625. The monoisotopic (exact) mass is 244 g/mol. The molecule has 98 valence electrons. The number of nitrogens with zero attached hydrogens (tertiary/aromatic N) is 1. The molecule has 2 heterocycles. The third-order valence-corrected chi connectivity index (χ3v) is 4.80. The zero-order chi connectivity index (χ0) is 12.5. The minimum atomic E-state index is 0.715. The van der Waals surface area contributed by atoms with Crippen LogP contribution in [0.25, 0.3) is 0 Å². The van der Waals surface area contributed by atoms with Gasteiger partial charge in [-0.1, -0.05) is 32.0 Å². The standard InChI is InChI=1S/C16H24N2/c1-12-10-18(11-13(12)2)8-7-14-9-17-16-6-4-3-5-15(14)16/h3-6,12-14,17H,7-11H2,1-2H3. The van der Waals surface area contributed by atoms with E-state index in [9.17, 15) is 0 Å². The first-order valence-corrected chi connectivity index (χ1v) is 7.29. The maximum absolute atomic E-state index is 3.52. The second kappa shape index (κ2) is 4.93. The second-order valence-electron chi connectivity index (χ2n) is 6.17. The lowest BCUT2D eigenvalue weighted by atomic mass is 9.98. The van der Waals surface area contributed by atoms with Gasteiger partial charge in [0.05, 0.1) is 0 Å². The van der Waals surface area contributed by atoms with E-state index in [1.807, 2.05) is 0 Å². The number of para-hydroxylation sites is 1.